The van der Waals surface area contributed by atoms with Crippen LogP contribution in [0.2, 0.25) is 0 Å². The molecule has 0 radical (unpaired) electrons. The minimum atomic E-state index is -4.26. The lowest BCUT2D eigenvalue weighted by Crippen LogP contribution is -2.30. The third-order valence-corrected chi connectivity index (χ3v) is 7.17. The van der Waals surface area contributed by atoms with Gasteiger partial charge in [0, 0.05) is 13.1 Å². The molecule has 0 heterocycles. The number of aliphatic hydroxyl groups is 2. The average molecular weight is 540 g/mol. The van der Waals surface area contributed by atoms with Gasteiger partial charge in [-0.3, -0.25) is 9.42 Å². The lowest BCUT2D eigenvalue weighted by Gasteiger charge is -2.19. The number of aliphatic hydroxyl groups excluding tert-OH is 2. The number of hydrogen-bond acceptors (Lipinski definition) is 5. The topological polar surface area (TPSA) is 110 Å². The monoisotopic (exact) mass is 539 g/mol. The molecule has 0 aromatic rings. The highest BCUT2D eigenvalue weighted by molar-refractivity contribution is 7.46. The van der Waals surface area contributed by atoms with Gasteiger partial charge in [0.25, 0.3) is 0 Å². The number of phosphoric ester groups is 1. The van der Waals surface area contributed by atoms with Crippen molar-refractivity contribution in [2.45, 2.75) is 136 Å². The average Bonchev–Trinajstić information content (AvgIpc) is 2.84. The Kier molecular flexibility index (Phi) is 31.3. The maximum absolute atomic E-state index is 10.4. The standard InChI is InChI=1S/C20H43NO2.C8H19O4P/c1-2-3-4-5-6-7-8-9-10-11-12-13-14-15-16-21(17-19-22)18-20-23;1-3-5-6-8(4-2)7-12-13(9,10)11/h22-23H,2-20H2,1H3;8H,3-7H2,1-2H3,(H2,9,10,11). The molecule has 0 aromatic carbocycles. The van der Waals surface area contributed by atoms with E-state index in [4.69, 9.17) is 20.0 Å². The van der Waals surface area contributed by atoms with Gasteiger partial charge in [-0.15, -0.1) is 0 Å². The van der Waals surface area contributed by atoms with Gasteiger partial charge in [0.1, 0.15) is 0 Å². The van der Waals surface area contributed by atoms with E-state index in [1.165, 1.54) is 89.9 Å². The summed E-state index contributed by atoms with van der Waals surface area (Å²) in [6, 6.07) is 0. The van der Waals surface area contributed by atoms with Crippen molar-refractivity contribution < 1.29 is 29.1 Å². The summed E-state index contributed by atoms with van der Waals surface area (Å²) in [6.45, 7) is 9.33. The molecule has 0 saturated heterocycles. The number of rotatable bonds is 26. The fourth-order valence-electron chi connectivity index (χ4n) is 4.25. The third kappa shape index (κ3) is 32.0. The van der Waals surface area contributed by atoms with Gasteiger partial charge in [0.05, 0.1) is 19.8 Å². The molecule has 0 aromatic heterocycles. The SMILES string of the molecule is CCCCC(CC)COP(=O)(O)O.CCCCCCCCCCCCCCCCN(CCO)CCO. The zero-order valence-corrected chi connectivity index (χ0v) is 24.9. The van der Waals surface area contributed by atoms with Crippen LogP contribution in [0.15, 0.2) is 0 Å². The summed E-state index contributed by atoms with van der Waals surface area (Å²) in [5.41, 5.74) is 0. The van der Waals surface area contributed by atoms with Crippen LogP contribution in [0.4, 0.5) is 0 Å². The van der Waals surface area contributed by atoms with Crippen molar-refractivity contribution in [2.75, 3.05) is 39.5 Å². The van der Waals surface area contributed by atoms with Crippen LogP contribution in [0.5, 0.6) is 0 Å². The molecule has 0 aliphatic heterocycles. The van der Waals surface area contributed by atoms with Gasteiger partial charge in [0.2, 0.25) is 0 Å². The maximum Gasteiger partial charge on any atom is 0.469 e. The lowest BCUT2D eigenvalue weighted by molar-refractivity contribution is 0.159. The van der Waals surface area contributed by atoms with Crippen molar-refractivity contribution in [1.29, 1.82) is 0 Å². The van der Waals surface area contributed by atoms with Crippen molar-refractivity contribution in [3.8, 4) is 0 Å². The predicted octanol–water partition coefficient (Wildman–Crippen LogP) is 7.07. The first-order chi connectivity index (χ1) is 17.3. The summed E-state index contributed by atoms with van der Waals surface area (Å²) < 4.78 is 14.8. The molecule has 220 valence electrons. The molecule has 0 rings (SSSR count). The van der Waals surface area contributed by atoms with Crippen molar-refractivity contribution >= 4 is 7.82 Å². The van der Waals surface area contributed by atoms with E-state index in [1.807, 2.05) is 6.92 Å². The van der Waals surface area contributed by atoms with Gasteiger partial charge < -0.3 is 20.0 Å². The predicted molar refractivity (Wildman–Crippen MR) is 152 cm³/mol. The fourth-order valence-corrected chi connectivity index (χ4v) is 4.65. The quantitative estimate of drug-likeness (QED) is 0.0687. The zero-order valence-electron chi connectivity index (χ0n) is 24.0. The molecule has 4 N–H and O–H groups in total. The van der Waals surface area contributed by atoms with Gasteiger partial charge in [-0.1, -0.05) is 124 Å². The summed E-state index contributed by atoms with van der Waals surface area (Å²) in [4.78, 5) is 19.1. The second kappa shape index (κ2) is 29.5. The minimum absolute atomic E-state index is 0.167. The summed E-state index contributed by atoms with van der Waals surface area (Å²) >= 11 is 0. The van der Waals surface area contributed by atoms with Crippen LogP contribution in [0.1, 0.15) is 136 Å². The van der Waals surface area contributed by atoms with Crippen molar-refractivity contribution in [3.05, 3.63) is 0 Å². The summed E-state index contributed by atoms with van der Waals surface area (Å²) in [5.74, 6) is 0.271. The van der Waals surface area contributed by atoms with Crippen LogP contribution in [0.25, 0.3) is 0 Å². The number of hydrogen-bond donors (Lipinski definition) is 4. The zero-order chi connectivity index (χ0) is 27.3. The van der Waals surface area contributed by atoms with Gasteiger partial charge in [-0.2, -0.15) is 0 Å². The summed E-state index contributed by atoms with van der Waals surface area (Å²) in [6.07, 6.45) is 23.4. The van der Waals surface area contributed by atoms with Crippen LogP contribution < -0.4 is 0 Å². The highest BCUT2D eigenvalue weighted by Gasteiger charge is 2.16. The molecule has 0 saturated carbocycles. The molecule has 0 fully saturated rings. The molecule has 0 aliphatic rings. The van der Waals surface area contributed by atoms with Crippen LogP contribution in [0, 0.1) is 5.92 Å². The van der Waals surface area contributed by atoms with E-state index in [0.29, 0.717) is 13.1 Å². The number of nitrogens with zero attached hydrogens (tertiary/aromatic N) is 1. The van der Waals surface area contributed by atoms with Crippen LogP contribution in [-0.4, -0.2) is 64.4 Å². The summed E-state index contributed by atoms with van der Waals surface area (Å²) in [5, 5.41) is 17.9. The fraction of sp³-hybridized carbons (Fsp3) is 1.00. The molecule has 7 nitrogen and oxygen atoms in total. The van der Waals surface area contributed by atoms with Gasteiger partial charge in [-0.05, 0) is 25.3 Å². The second-order valence-electron chi connectivity index (χ2n) is 10.1. The Morgan fingerprint density at radius 2 is 1.06 bits per heavy atom. The van der Waals surface area contributed by atoms with Crippen LogP contribution >= 0.6 is 7.82 Å². The van der Waals surface area contributed by atoms with E-state index in [0.717, 1.165) is 32.2 Å². The molecule has 8 heteroatoms. The van der Waals surface area contributed by atoms with E-state index in [-0.39, 0.29) is 25.7 Å². The van der Waals surface area contributed by atoms with Gasteiger partial charge >= 0.3 is 7.82 Å². The molecule has 0 aliphatic carbocycles. The Morgan fingerprint density at radius 1 is 0.639 bits per heavy atom. The molecule has 0 amide bonds. The Balaban J connectivity index is 0. The molecule has 1 atom stereocenters. The Bertz CT molecular complexity index is 457. The normalized spacial score (nSPS) is 12.6. The first-order valence-electron chi connectivity index (χ1n) is 15.0. The second-order valence-corrected chi connectivity index (χ2v) is 11.3. The van der Waals surface area contributed by atoms with Gasteiger partial charge in [-0.25, -0.2) is 4.57 Å². The Labute approximate surface area is 223 Å². The van der Waals surface area contributed by atoms with Crippen LogP contribution in [0.3, 0.4) is 0 Å². The highest BCUT2D eigenvalue weighted by atomic mass is 31.2. The molecule has 36 heavy (non-hydrogen) atoms. The maximum atomic E-state index is 10.4. The van der Waals surface area contributed by atoms with Crippen LogP contribution in [-0.2, 0) is 9.09 Å². The summed E-state index contributed by atoms with van der Waals surface area (Å²) in [7, 11) is -4.26. The lowest BCUT2D eigenvalue weighted by atomic mass is 10.0. The van der Waals surface area contributed by atoms with E-state index in [1.54, 1.807) is 0 Å². The van der Waals surface area contributed by atoms with Gasteiger partial charge in [0.15, 0.2) is 0 Å². The van der Waals surface area contributed by atoms with E-state index in [2.05, 4.69) is 23.3 Å². The van der Waals surface area contributed by atoms with E-state index < -0.39 is 7.82 Å². The highest BCUT2D eigenvalue weighted by Crippen LogP contribution is 2.37. The molecule has 0 spiro atoms. The first-order valence-corrected chi connectivity index (χ1v) is 16.5. The van der Waals surface area contributed by atoms with E-state index in [9.17, 15) is 4.57 Å². The largest absolute Gasteiger partial charge is 0.469 e. The molecule has 1 unspecified atom stereocenters. The number of phosphoric acid groups is 1. The molecule has 0 bridgehead atoms. The first kappa shape index (κ1) is 38.1. The van der Waals surface area contributed by atoms with Crippen molar-refractivity contribution in [1.82, 2.24) is 4.90 Å². The Morgan fingerprint density at radius 3 is 1.42 bits per heavy atom. The van der Waals surface area contributed by atoms with Crippen molar-refractivity contribution in [3.63, 3.8) is 0 Å². The minimum Gasteiger partial charge on any atom is -0.395 e. The van der Waals surface area contributed by atoms with E-state index >= 15 is 0 Å². The van der Waals surface area contributed by atoms with Crippen molar-refractivity contribution in [2.24, 2.45) is 5.92 Å². The third-order valence-electron chi connectivity index (χ3n) is 6.68. The number of unbranched alkanes of at least 4 members (excludes halogenated alkanes) is 14. The molecular formula is C28H62NO6P. The Hall–Kier alpha value is -0.0100. The molecular weight excluding hydrogens is 477 g/mol. The smallest absolute Gasteiger partial charge is 0.395 e.